The van der Waals surface area contributed by atoms with Gasteiger partial charge in [0, 0.05) is 90.5 Å². The average molecular weight is 517 g/mol. The summed E-state index contributed by atoms with van der Waals surface area (Å²) in [5.74, 6) is 0. The van der Waals surface area contributed by atoms with E-state index in [1.807, 2.05) is 0 Å². The Hall–Kier alpha value is 0. The molecule has 32 heavy (non-hydrogen) atoms. The van der Waals surface area contributed by atoms with Gasteiger partial charge in [0.05, 0.1) is 0 Å². The molecule has 194 valence electrons. The Morgan fingerprint density at radius 3 is 0.500 bits per heavy atom. The van der Waals surface area contributed by atoms with E-state index in [9.17, 15) is 0 Å². The Balaban J connectivity index is 8.45. The molecule has 0 spiro atoms. The molecule has 0 aromatic rings. The van der Waals surface area contributed by atoms with Crippen molar-refractivity contribution in [3.8, 4) is 0 Å². The molecular formula is C32H66. The summed E-state index contributed by atoms with van der Waals surface area (Å²) in [4.78, 5) is 0. The molecule has 0 aromatic heterocycles. The van der Waals surface area contributed by atoms with Crippen LogP contribution in [0.3, 0.4) is 0 Å². The van der Waals surface area contributed by atoms with E-state index in [2.05, 4.69) is 0 Å². The van der Waals surface area contributed by atoms with Gasteiger partial charge >= 0.3 is 0 Å². The summed E-state index contributed by atoms with van der Waals surface area (Å²) in [7, 11) is 0. The standard InChI is InChI=1S/C32H66/c1-3-5-7-9-11-13-15-17-19-21-23-25-27-29-31-32-30-28-26-24-22-20-18-16-14-12-10-8-6-4-2/h3-32H2,1-2H3/i1D3,2D3,3D2,4D2,5D2,6D2,7D2,8D2,9D2,10D2,11D2,12D2,13D2,14D2,15D2,16D2,17D2,18D2,19D2,20D2,21D2,22D2,23D2,24D2,25D2,26D2,27D2,28D2,29D2,30D2,31D2,32D2. The number of rotatable bonds is 29. The van der Waals surface area contributed by atoms with Gasteiger partial charge in [-0.25, -0.2) is 0 Å². The van der Waals surface area contributed by atoms with Crippen LogP contribution in [0.2, 0.25) is 0 Å². The maximum atomic E-state index is 8.48. The van der Waals surface area contributed by atoms with Crippen molar-refractivity contribution in [3.63, 3.8) is 0 Å². The van der Waals surface area contributed by atoms with Crippen LogP contribution in [-0.4, -0.2) is 0 Å². The van der Waals surface area contributed by atoms with E-state index in [1.165, 1.54) is 0 Å². The van der Waals surface area contributed by atoms with Crippen LogP contribution in [-0.2, 0) is 0 Å². The topological polar surface area (TPSA) is 0 Å². The third kappa shape index (κ3) is 30.0. The quantitative estimate of drug-likeness (QED) is 0.0926. The minimum atomic E-state index is -5.74. The number of hydrogen-bond donors (Lipinski definition) is 0. The summed E-state index contributed by atoms with van der Waals surface area (Å²) < 4.78 is 542. The van der Waals surface area contributed by atoms with Gasteiger partial charge in [-0.05, 0) is 0 Å². The fraction of sp³-hybridized carbons (Fsp3) is 1.00. The van der Waals surface area contributed by atoms with Gasteiger partial charge in [-0.3, -0.25) is 0 Å². The summed E-state index contributed by atoms with van der Waals surface area (Å²) in [5.41, 5.74) is 0. The van der Waals surface area contributed by atoms with Crippen LogP contribution in [0.15, 0.2) is 0 Å². The van der Waals surface area contributed by atoms with Crippen molar-refractivity contribution in [2.45, 2.75) is 205 Å². The average Bonchev–Trinajstić information content (AvgIpc) is 3.35. The van der Waals surface area contributed by atoms with Gasteiger partial charge in [0.2, 0.25) is 0 Å². The predicted molar refractivity (Wildman–Crippen MR) is 150 cm³/mol. The van der Waals surface area contributed by atoms with Crippen molar-refractivity contribution in [3.05, 3.63) is 0 Å². The van der Waals surface area contributed by atoms with Crippen LogP contribution in [0, 0.1) is 0 Å². The molecule has 0 aromatic carbocycles. The summed E-state index contributed by atoms with van der Waals surface area (Å²) in [6.07, 6.45) is -163. The Labute approximate surface area is 299 Å². The van der Waals surface area contributed by atoms with Gasteiger partial charge < -0.3 is 0 Å². The molecule has 0 N–H and O–H groups in total. The Kier molecular flexibility index (Phi) is 3.17. The molecule has 0 rings (SSSR count). The summed E-state index contributed by atoms with van der Waals surface area (Å²) in [5, 5.41) is 0. The SMILES string of the molecule is [2H]C([2H])([2H])C([2H])([2H])C([2H])([2H])C([2H])([2H])C([2H])([2H])C([2H])([2H])C([2H])([2H])C([2H])([2H])C([2H])([2H])C([2H])([2H])C([2H])([2H])C([2H])([2H])C([2H])([2H])C([2H])([2H])C([2H])([2H])C([2H])([2H])C([2H])([2H])C([2H])([2H])C([2H])([2H])C([2H])([2H])C([2H])([2H])C([2H])([2H])C([2H])([2H])C([2H])([2H])C([2H])([2H])C([2H])([2H])C([2H])([2H])C([2H])([2H])C([2H])([2H])C([2H])([2H])C([2H])([2H])C([2H])([2H])[2H]. The zero-order valence-electron chi connectivity index (χ0n) is 82.0. The van der Waals surface area contributed by atoms with E-state index >= 15 is 0 Å². The minimum absolute atomic E-state index is 4.30. The van der Waals surface area contributed by atoms with Crippen LogP contribution in [0.1, 0.15) is 295 Å². The lowest BCUT2D eigenvalue weighted by Gasteiger charge is -2.04. The van der Waals surface area contributed by atoms with Gasteiger partial charge in [-0.15, -0.1) is 0 Å². The molecular weight excluding hydrogens is 384 g/mol. The van der Waals surface area contributed by atoms with Crippen molar-refractivity contribution in [1.82, 2.24) is 0 Å². The first kappa shape index (κ1) is 3.27. The molecule has 0 saturated heterocycles. The first-order chi connectivity index (χ1) is 40.8. The highest BCUT2D eigenvalue weighted by Gasteiger charge is 1.96. The molecule has 0 fully saturated rings. The molecule has 0 aliphatic carbocycles. The van der Waals surface area contributed by atoms with Crippen molar-refractivity contribution in [2.75, 3.05) is 0 Å². The van der Waals surface area contributed by atoms with Gasteiger partial charge in [0.25, 0.3) is 0 Å². The third-order valence-corrected chi connectivity index (χ3v) is 1.81. The summed E-state index contributed by atoms with van der Waals surface area (Å²) in [6, 6.07) is 0. The second-order valence-corrected chi connectivity index (χ2v) is 3.75. The smallest absolute Gasteiger partial charge is 0.0267 e. The molecule has 0 aliphatic rings. The van der Waals surface area contributed by atoms with E-state index in [0.29, 0.717) is 0 Å². The van der Waals surface area contributed by atoms with E-state index in [1.54, 1.807) is 0 Å². The zero-order valence-corrected chi connectivity index (χ0v) is 16.0. The molecule has 0 aliphatic heterocycles. The molecule has 0 unspecified atom stereocenters. The normalized spacial score (nSPS) is 56.2. The first-order valence-corrected chi connectivity index (χ1v) is 7.75. The minimum Gasteiger partial charge on any atom is -0.0654 e. The first-order valence-electron chi connectivity index (χ1n) is 40.8. The largest absolute Gasteiger partial charge is 0.0654 e. The highest BCUT2D eigenvalue weighted by molar-refractivity contribution is 4.52. The van der Waals surface area contributed by atoms with Crippen molar-refractivity contribution in [1.29, 1.82) is 0 Å². The second-order valence-electron chi connectivity index (χ2n) is 3.75. The highest BCUT2D eigenvalue weighted by atomic mass is 14.0. The van der Waals surface area contributed by atoms with Crippen LogP contribution in [0.4, 0.5) is 0 Å². The third-order valence-electron chi connectivity index (χ3n) is 1.81. The van der Waals surface area contributed by atoms with Crippen LogP contribution < -0.4 is 0 Å². The Morgan fingerprint density at radius 1 is 0.250 bits per heavy atom. The summed E-state index contributed by atoms with van der Waals surface area (Å²) >= 11 is 0. The Bertz CT molecular complexity index is 2670. The lowest BCUT2D eigenvalue weighted by molar-refractivity contribution is 0.513. The van der Waals surface area contributed by atoms with Gasteiger partial charge in [0.1, 0.15) is 0 Å². The lowest BCUT2D eigenvalue weighted by atomic mass is 10.0. The fourth-order valence-corrected chi connectivity index (χ4v) is 0.875. The molecule has 0 heteroatoms. The monoisotopic (exact) mass is 517 g/mol. The van der Waals surface area contributed by atoms with E-state index < -0.39 is 205 Å². The number of hydrogen-bond acceptors (Lipinski definition) is 0. The van der Waals surface area contributed by atoms with Crippen LogP contribution in [0.25, 0.3) is 0 Å². The predicted octanol–water partition coefficient (Wildman–Crippen LogP) is 12.7. The van der Waals surface area contributed by atoms with Crippen molar-refractivity contribution >= 4 is 0 Å². The highest BCUT2D eigenvalue weighted by Crippen LogP contribution is 2.16. The molecule has 0 atom stereocenters. The molecule has 0 bridgehead atoms. The van der Waals surface area contributed by atoms with E-state index in [-0.39, 0.29) is 0 Å². The second kappa shape index (κ2) is 31.0. The lowest BCUT2D eigenvalue weighted by Crippen LogP contribution is -1.85. The fourth-order valence-electron chi connectivity index (χ4n) is 0.875. The van der Waals surface area contributed by atoms with E-state index in [0.717, 1.165) is 0 Å². The van der Waals surface area contributed by atoms with Gasteiger partial charge in [-0.1, -0.05) is 205 Å². The van der Waals surface area contributed by atoms with Crippen LogP contribution in [0.5, 0.6) is 0 Å². The van der Waals surface area contributed by atoms with Crippen molar-refractivity contribution < 1.29 is 90.5 Å². The van der Waals surface area contributed by atoms with Gasteiger partial charge in [-0.2, -0.15) is 0 Å². The van der Waals surface area contributed by atoms with Crippen LogP contribution >= 0.6 is 0 Å². The van der Waals surface area contributed by atoms with E-state index in [4.69, 9.17) is 90.5 Å². The molecule has 0 heterocycles. The molecule has 0 saturated carbocycles. The van der Waals surface area contributed by atoms with Crippen molar-refractivity contribution in [2.24, 2.45) is 0 Å². The zero-order chi connectivity index (χ0) is 82.0. The maximum Gasteiger partial charge on any atom is 0.0267 e. The molecule has 0 radical (unpaired) electrons. The summed E-state index contributed by atoms with van der Waals surface area (Å²) in [6.45, 7) is -8.61. The maximum absolute atomic E-state index is 8.48. The molecule has 0 amide bonds. The Morgan fingerprint density at radius 2 is 0.375 bits per heavy atom. The molecule has 0 nitrogen and oxygen atoms in total. The van der Waals surface area contributed by atoms with Gasteiger partial charge in [0.15, 0.2) is 0 Å².